The van der Waals surface area contributed by atoms with Gasteiger partial charge in [-0.05, 0) is 115 Å². The first kappa shape index (κ1) is 60.5. The van der Waals surface area contributed by atoms with E-state index >= 15 is 0 Å². The van der Waals surface area contributed by atoms with Crippen molar-refractivity contribution in [2.24, 2.45) is 34.5 Å². The summed E-state index contributed by atoms with van der Waals surface area (Å²) in [5.74, 6) is 0.271. The standard InChI is InChI=1S/C54H90O22S/c1-24(55)44-36(76-77(60,61)62)19-34-32-13-12-30-18-31(14-16-53(30,7)33(32)15-17-54(34,44)8)71-52-47(59)46(58)51(29(6)70-52)75-43-23-39(65-11)50(28(5)69-43)74-42-22-38(64-10)49(27(4)68-42)73-40-20-35(56)48(26(3)67-40)72-41-21-37(63-9)45(57)25(2)66-41/h12,24-29,31-52,55-59H,13-23H2,1-11H3,(H,60,61,62). The van der Waals surface area contributed by atoms with E-state index in [4.69, 9.17) is 65.8 Å². The lowest BCUT2D eigenvalue weighted by Crippen LogP contribution is -2.61. The summed E-state index contributed by atoms with van der Waals surface area (Å²) in [7, 11) is 0.00607. The summed E-state index contributed by atoms with van der Waals surface area (Å²) in [6, 6.07) is 0. The molecule has 5 aliphatic heterocycles. The number of rotatable bonds is 16. The van der Waals surface area contributed by atoms with Crippen LogP contribution in [0.15, 0.2) is 11.6 Å². The highest BCUT2D eigenvalue weighted by molar-refractivity contribution is 7.80. The highest BCUT2D eigenvalue weighted by Gasteiger charge is 2.63. The van der Waals surface area contributed by atoms with Crippen LogP contribution >= 0.6 is 0 Å². The van der Waals surface area contributed by atoms with E-state index in [1.165, 1.54) is 12.7 Å². The summed E-state index contributed by atoms with van der Waals surface area (Å²) in [6.45, 7) is 15.2. The molecule has 444 valence electrons. The topological polar surface area (TPSA) is 285 Å². The molecule has 23 heteroatoms. The molecule has 3 saturated carbocycles. The van der Waals surface area contributed by atoms with Gasteiger partial charge in [-0.3, -0.25) is 4.55 Å². The molecule has 0 radical (unpaired) electrons. The van der Waals surface area contributed by atoms with Gasteiger partial charge >= 0.3 is 10.4 Å². The molecule has 6 N–H and O–H groups in total. The Kier molecular flexibility index (Phi) is 19.0. The molecular formula is C54H90O22S. The van der Waals surface area contributed by atoms with Gasteiger partial charge in [0.15, 0.2) is 31.5 Å². The monoisotopic (exact) mass is 1120 g/mol. The molecule has 8 fully saturated rings. The molecule has 9 aliphatic rings. The van der Waals surface area contributed by atoms with E-state index in [1.807, 2.05) is 13.8 Å². The van der Waals surface area contributed by atoms with Crippen molar-refractivity contribution >= 4 is 10.4 Å². The summed E-state index contributed by atoms with van der Waals surface area (Å²) in [5, 5.41) is 55.6. The maximum Gasteiger partial charge on any atom is 0.397 e. The number of aliphatic hydroxyl groups excluding tert-OH is 5. The molecule has 30 atom stereocenters. The van der Waals surface area contributed by atoms with Crippen molar-refractivity contribution in [1.29, 1.82) is 0 Å². The highest BCUT2D eigenvalue weighted by Crippen LogP contribution is 2.67. The van der Waals surface area contributed by atoms with Crippen LogP contribution in [0.1, 0.15) is 126 Å². The Morgan fingerprint density at radius 2 is 1.12 bits per heavy atom. The van der Waals surface area contributed by atoms with Crippen LogP contribution in [0.5, 0.6) is 0 Å². The Morgan fingerprint density at radius 3 is 1.68 bits per heavy atom. The lowest BCUT2D eigenvalue weighted by molar-refractivity contribution is -0.357. The number of aliphatic hydroxyl groups is 5. The molecular weight excluding hydrogens is 1030 g/mol. The van der Waals surface area contributed by atoms with Crippen molar-refractivity contribution in [2.75, 3.05) is 21.3 Å². The molecule has 30 unspecified atom stereocenters. The van der Waals surface area contributed by atoms with Gasteiger partial charge in [-0.25, -0.2) is 4.18 Å². The second-order valence-corrected chi connectivity index (χ2v) is 25.4. The predicted molar refractivity (Wildman–Crippen MR) is 270 cm³/mol. The Labute approximate surface area is 454 Å². The van der Waals surface area contributed by atoms with Crippen LogP contribution in [0, 0.1) is 34.5 Å². The van der Waals surface area contributed by atoms with Gasteiger partial charge in [0.05, 0.1) is 73.2 Å². The van der Waals surface area contributed by atoms with Crippen molar-refractivity contribution in [3.8, 4) is 0 Å². The molecule has 0 amide bonds. The number of ether oxygens (including phenoxy) is 13. The number of methoxy groups -OCH3 is 3. The lowest BCUT2D eigenvalue weighted by atomic mass is 9.47. The van der Waals surface area contributed by atoms with E-state index in [1.54, 1.807) is 41.9 Å². The predicted octanol–water partition coefficient (Wildman–Crippen LogP) is 3.44. The minimum atomic E-state index is -4.70. The minimum absolute atomic E-state index is 0.108. The minimum Gasteiger partial charge on any atom is -0.393 e. The summed E-state index contributed by atoms with van der Waals surface area (Å²) in [4.78, 5) is 0. The van der Waals surface area contributed by atoms with Crippen LogP contribution in [0.4, 0.5) is 0 Å². The second kappa shape index (κ2) is 24.2. The van der Waals surface area contributed by atoms with Gasteiger partial charge < -0.3 is 87.1 Å². The molecule has 77 heavy (non-hydrogen) atoms. The maximum atomic E-state index is 11.9. The Hall–Kier alpha value is -1.11. The smallest absolute Gasteiger partial charge is 0.393 e. The molecule has 5 heterocycles. The van der Waals surface area contributed by atoms with Crippen LogP contribution in [-0.2, 0) is 76.2 Å². The van der Waals surface area contributed by atoms with Crippen molar-refractivity contribution in [1.82, 2.24) is 0 Å². The summed E-state index contributed by atoms with van der Waals surface area (Å²) >= 11 is 0. The Morgan fingerprint density at radius 1 is 0.597 bits per heavy atom. The molecule has 0 aromatic rings. The van der Waals surface area contributed by atoms with E-state index in [0.29, 0.717) is 38.0 Å². The number of allylic oxidation sites excluding steroid dienone is 1. The van der Waals surface area contributed by atoms with E-state index in [0.717, 1.165) is 25.7 Å². The molecule has 0 aromatic heterocycles. The van der Waals surface area contributed by atoms with Crippen molar-refractivity contribution in [3.05, 3.63) is 11.6 Å². The Bertz CT molecular complexity index is 2090. The molecule has 0 spiro atoms. The van der Waals surface area contributed by atoms with E-state index in [9.17, 15) is 38.5 Å². The van der Waals surface area contributed by atoms with E-state index in [2.05, 4.69) is 19.9 Å². The normalized spacial score (nSPS) is 52.0. The average Bonchev–Trinajstić information content (AvgIpc) is 3.80. The van der Waals surface area contributed by atoms with Gasteiger partial charge in [0.25, 0.3) is 0 Å². The fourth-order valence-electron chi connectivity index (χ4n) is 15.7. The van der Waals surface area contributed by atoms with Gasteiger partial charge in [0, 0.05) is 52.9 Å². The fourth-order valence-corrected chi connectivity index (χ4v) is 16.3. The average molecular weight is 1120 g/mol. The number of hydrogen-bond acceptors (Lipinski definition) is 21. The van der Waals surface area contributed by atoms with Crippen molar-refractivity contribution in [3.63, 3.8) is 0 Å². The van der Waals surface area contributed by atoms with Gasteiger partial charge in [-0.2, -0.15) is 8.42 Å². The van der Waals surface area contributed by atoms with Crippen LogP contribution < -0.4 is 0 Å². The van der Waals surface area contributed by atoms with Crippen LogP contribution in [0.3, 0.4) is 0 Å². The highest BCUT2D eigenvalue weighted by atomic mass is 32.3. The molecule has 0 bridgehead atoms. The molecule has 22 nitrogen and oxygen atoms in total. The van der Waals surface area contributed by atoms with Gasteiger partial charge in [-0.15, -0.1) is 0 Å². The Balaban J connectivity index is 0.743. The van der Waals surface area contributed by atoms with Crippen LogP contribution in [0.2, 0.25) is 0 Å². The first-order valence-electron chi connectivity index (χ1n) is 28.2. The molecule has 4 aliphatic carbocycles. The molecule has 9 rings (SSSR count). The fraction of sp³-hybridized carbons (Fsp3) is 0.963. The summed E-state index contributed by atoms with van der Waals surface area (Å²) in [6.07, 6.45) is -9.14. The zero-order valence-electron chi connectivity index (χ0n) is 46.6. The molecule has 0 aromatic carbocycles. The zero-order chi connectivity index (χ0) is 55.6. The largest absolute Gasteiger partial charge is 0.397 e. The first-order valence-corrected chi connectivity index (χ1v) is 29.6. The third-order valence-electron chi connectivity index (χ3n) is 19.7. The maximum absolute atomic E-state index is 11.9. The van der Waals surface area contributed by atoms with E-state index < -0.39 is 158 Å². The van der Waals surface area contributed by atoms with Crippen LogP contribution in [0.25, 0.3) is 0 Å². The van der Waals surface area contributed by atoms with Gasteiger partial charge in [0.2, 0.25) is 0 Å². The quantitative estimate of drug-likeness (QED) is 0.0953. The number of fused-ring (bicyclic) bond motifs is 5. The van der Waals surface area contributed by atoms with Crippen LogP contribution in [-0.4, -0.2) is 207 Å². The lowest BCUT2D eigenvalue weighted by Gasteiger charge is -2.58. The van der Waals surface area contributed by atoms with Gasteiger partial charge in [-0.1, -0.05) is 25.5 Å². The van der Waals surface area contributed by atoms with E-state index in [-0.39, 0.29) is 41.6 Å². The first-order chi connectivity index (χ1) is 36.4. The molecule has 5 saturated heterocycles. The van der Waals surface area contributed by atoms with Crippen molar-refractivity contribution in [2.45, 2.75) is 273 Å². The third-order valence-corrected chi connectivity index (χ3v) is 20.2. The third kappa shape index (κ3) is 12.4. The van der Waals surface area contributed by atoms with Gasteiger partial charge in [0.1, 0.15) is 42.7 Å². The van der Waals surface area contributed by atoms with Crippen molar-refractivity contribution < 1.29 is 104 Å². The summed E-state index contributed by atoms with van der Waals surface area (Å²) in [5.41, 5.74) is 0.827. The zero-order valence-corrected chi connectivity index (χ0v) is 47.5. The summed E-state index contributed by atoms with van der Waals surface area (Å²) < 4.78 is 119. The number of hydrogen-bond donors (Lipinski definition) is 6. The SMILES string of the molecule is COC1CC(OC2C(O)CC(OC3C(C)OC(OC4C(C)OC(OC5C(C)OC(OC6CCC7(C)C(=CCC8C7CCC7(C)C8CC(OS(=O)(=O)O)C7C(C)O)C6)C(O)C5O)CC4OC)CC3OC)OC2C)OC(C)C1O. The second-order valence-electron chi connectivity index (χ2n) is 24.4.